The van der Waals surface area contributed by atoms with E-state index >= 15 is 0 Å². The topological polar surface area (TPSA) is 96.2 Å². The molecule has 0 aliphatic heterocycles. The van der Waals surface area contributed by atoms with Gasteiger partial charge in [-0.2, -0.15) is 0 Å². The van der Waals surface area contributed by atoms with Gasteiger partial charge in [0.1, 0.15) is 0 Å². The average molecular weight is 217 g/mol. The summed E-state index contributed by atoms with van der Waals surface area (Å²) in [6.07, 6.45) is -0.0579. The quantitative estimate of drug-likeness (QED) is 0.476. The van der Waals surface area contributed by atoms with Gasteiger partial charge in [-0.25, -0.2) is 4.79 Å². The van der Waals surface area contributed by atoms with Gasteiger partial charge in [0.25, 0.3) is 0 Å². The van der Waals surface area contributed by atoms with Crippen LogP contribution in [0.5, 0.6) is 0 Å². The minimum absolute atomic E-state index is 0.0579. The molecule has 0 saturated heterocycles. The van der Waals surface area contributed by atoms with Crippen LogP contribution in [0.25, 0.3) is 0 Å². The SMILES string of the molecule is CCOC(=O)CC(C)=N[C@@H](CO)C(=O)O. The van der Waals surface area contributed by atoms with Gasteiger partial charge in [0.05, 0.1) is 19.6 Å². The molecule has 0 aromatic rings. The van der Waals surface area contributed by atoms with Crippen LogP contribution >= 0.6 is 0 Å². The number of nitrogens with zero attached hydrogens (tertiary/aromatic N) is 1. The minimum atomic E-state index is -1.22. The molecule has 0 amide bonds. The molecule has 0 radical (unpaired) electrons. The van der Waals surface area contributed by atoms with Crippen molar-refractivity contribution in [1.29, 1.82) is 0 Å². The van der Waals surface area contributed by atoms with E-state index in [-0.39, 0.29) is 13.0 Å². The lowest BCUT2D eigenvalue weighted by molar-refractivity contribution is -0.142. The van der Waals surface area contributed by atoms with Gasteiger partial charge in [-0.3, -0.25) is 9.79 Å². The zero-order valence-corrected chi connectivity index (χ0v) is 8.77. The van der Waals surface area contributed by atoms with E-state index in [0.717, 1.165) is 0 Å². The van der Waals surface area contributed by atoms with Gasteiger partial charge >= 0.3 is 11.9 Å². The Morgan fingerprint density at radius 1 is 1.47 bits per heavy atom. The van der Waals surface area contributed by atoms with Gasteiger partial charge in [-0.05, 0) is 13.8 Å². The number of aliphatic hydroxyl groups excluding tert-OH is 1. The Morgan fingerprint density at radius 3 is 2.47 bits per heavy atom. The number of hydrogen-bond acceptors (Lipinski definition) is 5. The molecule has 86 valence electrons. The second kappa shape index (κ2) is 6.94. The molecule has 0 aliphatic carbocycles. The van der Waals surface area contributed by atoms with Crippen molar-refractivity contribution in [1.82, 2.24) is 0 Å². The number of carbonyl (C=O) groups excluding carboxylic acids is 1. The maximum atomic E-state index is 11.0. The monoisotopic (exact) mass is 217 g/mol. The number of hydrogen-bond donors (Lipinski definition) is 2. The van der Waals surface area contributed by atoms with E-state index in [0.29, 0.717) is 5.71 Å². The molecule has 0 bridgehead atoms. The highest BCUT2D eigenvalue weighted by Gasteiger charge is 2.15. The van der Waals surface area contributed by atoms with Crippen molar-refractivity contribution in [2.75, 3.05) is 13.2 Å². The van der Waals surface area contributed by atoms with Crippen molar-refractivity contribution in [3.05, 3.63) is 0 Å². The molecular weight excluding hydrogens is 202 g/mol. The van der Waals surface area contributed by atoms with E-state index in [1.807, 2.05) is 0 Å². The van der Waals surface area contributed by atoms with Crippen LogP contribution in [0.2, 0.25) is 0 Å². The Kier molecular flexibility index (Phi) is 6.28. The summed E-state index contributed by atoms with van der Waals surface area (Å²) < 4.78 is 4.66. The number of aliphatic carboxylic acids is 1. The highest BCUT2D eigenvalue weighted by Crippen LogP contribution is 1.96. The normalized spacial score (nSPS) is 13.4. The summed E-state index contributed by atoms with van der Waals surface area (Å²) in [7, 11) is 0. The van der Waals surface area contributed by atoms with Crippen molar-refractivity contribution in [2.45, 2.75) is 26.3 Å². The van der Waals surface area contributed by atoms with Gasteiger partial charge in [0.15, 0.2) is 6.04 Å². The van der Waals surface area contributed by atoms with Crippen molar-refractivity contribution in [3.63, 3.8) is 0 Å². The Labute approximate surface area is 87.6 Å². The van der Waals surface area contributed by atoms with E-state index in [2.05, 4.69) is 9.73 Å². The summed E-state index contributed by atoms with van der Waals surface area (Å²) in [6.45, 7) is 2.88. The first kappa shape index (κ1) is 13.6. The van der Waals surface area contributed by atoms with Crippen LogP contribution in [0.1, 0.15) is 20.3 Å². The first-order chi connectivity index (χ1) is 7.01. The number of carboxylic acid groups (broad SMARTS) is 1. The largest absolute Gasteiger partial charge is 0.480 e. The molecule has 0 fully saturated rings. The Balaban J connectivity index is 4.28. The van der Waals surface area contributed by atoms with Gasteiger partial charge in [0, 0.05) is 5.71 Å². The second-order valence-corrected chi connectivity index (χ2v) is 2.88. The Morgan fingerprint density at radius 2 is 2.07 bits per heavy atom. The van der Waals surface area contributed by atoms with Gasteiger partial charge in [-0.1, -0.05) is 0 Å². The fourth-order valence-corrected chi connectivity index (χ4v) is 0.907. The first-order valence-electron chi connectivity index (χ1n) is 4.53. The van der Waals surface area contributed by atoms with E-state index in [9.17, 15) is 9.59 Å². The number of ether oxygens (including phenoxy) is 1. The van der Waals surface area contributed by atoms with Gasteiger partial charge < -0.3 is 14.9 Å². The standard InChI is InChI=1S/C9H15NO5/c1-3-15-8(12)4-6(2)10-7(5-11)9(13)14/h7,11H,3-5H2,1-2H3,(H,13,14)/t7-/m0/s1. The highest BCUT2D eigenvalue weighted by atomic mass is 16.5. The molecule has 0 aromatic carbocycles. The average Bonchev–Trinajstić information content (AvgIpc) is 2.13. The first-order valence-corrected chi connectivity index (χ1v) is 4.53. The molecule has 2 N–H and O–H groups in total. The summed E-state index contributed by atoms with van der Waals surface area (Å²) in [4.78, 5) is 25.2. The van der Waals surface area contributed by atoms with E-state index in [4.69, 9.17) is 10.2 Å². The molecule has 0 rings (SSSR count). The molecule has 0 aromatic heterocycles. The molecule has 0 unspecified atom stereocenters. The lowest BCUT2D eigenvalue weighted by atomic mass is 10.2. The number of carboxylic acids is 1. The fraction of sp³-hybridized carbons (Fsp3) is 0.667. The van der Waals surface area contributed by atoms with Crippen LogP contribution in [0.15, 0.2) is 4.99 Å². The lowest BCUT2D eigenvalue weighted by Crippen LogP contribution is -2.24. The van der Waals surface area contributed by atoms with Crippen molar-refractivity contribution >= 4 is 17.7 Å². The molecule has 0 spiro atoms. The molecule has 15 heavy (non-hydrogen) atoms. The molecule has 6 nitrogen and oxygen atoms in total. The zero-order chi connectivity index (χ0) is 11.8. The predicted octanol–water partition coefficient (Wildman–Crippen LogP) is -0.154. The lowest BCUT2D eigenvalue weighted by Gasteiger charge is -2.05. The zero-order valence-electron chi connectivity index (χ0n) is 8.77. The molecule has 0 saturated carbocycles. The maximum Gasteiger partial charge on any atom is 0.330 e. The van der Waals surface area contributed by atoms with E-state index < -0.39 is 24.6 Å². The predicted molar refractivity (Wildman–Crippen MR) is 52.9 cm³/mol. The fourth-order valence-electron chi connectivity index (χ4n) is 0.907. The van der Waals surface area contributed by atoms with Crippen LogP contribution in [0.4, 0.5) is 0 Å². The Hall–Kier alpha value is -1.43. The van der Waals surface area contributed by atoms with Crippen molar-refractivity contribution in [3.8, 4) is 0 Å². The summed E-state index contributed by atoms with van der Waals surface area (Å²) in [5.74, 6) is -1.68. The molecule has 1 atom stereocenters. The number of aliphatic imine (C=N–C) groups is 1. The number of carbonyl (C=O) groups is 2. The summed E-state index contributed by atoms with van der Waals surface area (Å²) in [5.41, 5.74) is 0.329. The number of rotatable bonds is 6. The molecular formula is C9H15NO5. The van der Waals surface area contributed by atoms with Crippen LogP contribution in [-0.4, -0.2) is 47.1 Å². The number of esters is 1. The van der Waals surface area contributed by atoms with Crippen molar-refractivity contribution in [2.24, 2.45) is 4.99 Å². The Bertz CT molecular complexity index is 261. The third-order valence-corrected chi connectivity index (χ3v) is 1.54. The maximum absolute atomic E-state index is 11.0. The molecule has 0 aliphatic rings. The molecule has 0 heterocycles. The van der Waals surface area contributed by atoms with Crippen LogP contribution < -0.4 is 0 Å². The second-order valence-electron chi connectivity index (χ2n) is 2.88. The van der Waals surface area contributed by atoms with Crippen LogP contribution in [-0.2, 0) is 14.3 Å². The summed E-state index contributed by atoms with van der Waals surface area (Å²) in [5, 5.41) is 17.3. The van der Waals surface area contributed by atoms with E-state index in [1.54, 1.807) is 6.92 Å². The third kappa shape index (κ3) is 5.79. The smallest absolute Gasteiger partial charge is 0.330 e. The summed E-state index contributed by atoms with van der Waals surface area (Å²) in [6, 6.07) is -1.21. The van der Waals surface area contributed by atoms with Crippen molar-refractivity contribution < 1.29 is 24.5 Å². The van der Waals surface area contributed by atoms with E-state index in [1.165, 1.54) is 6.92 Å². The molecule has 6 heteroatoms. The van der Waals surface area contributed by atoms with Crippen LogP contribution in [0.3, 0.4) is 0 Å². The minimum Gasteiger partial charge on any atom is -0.480 e. The van der Waals surface area contributed by atoms with Gasteiger partial charge in [-0.15, -0.1) is 0 Å². The number of aliphatic hydroxyl groups is 1. The summed E-state index contributed by atoms with van der Waals surface area (Å²) >= 11 is 0. The highest BCUT2D eigenvalue weighted by molar-refractivity contribution is 5.98. The third-order valence-electron chi connectivity index (χ3n) is 1.54. The van der Waals surface area contributed by atoms with Crippen LogP contribution in [0, 0.1) is 0 Å². The van der Waals surface area contributed by atoms with Gasteiger partial charge in [0.2, 0.25) is 0 Å².